The molecule has 0 fully saturated rings. The Bertz CT molecular complexity index is 742. The van der Waals surface area contributed by atoms with Crippen LogP contribution < -0.4 is 15.4 Å². The lowest BCUT2D eigenvalue weighted by molar-refractivity contribution is -0.114. The second-order valence-electron chi connectivity index (χ2n) is 5.01. The molecule has 0 aliphatic carbocycles. The summed E-state index contributed by atoms with van der Waals surface area (Å²) < 4.78 is 5.26. The third kappa shape index (κ3) is 4.23. The fourth-order valence-electron chi connectivity index (χ4n) is 2.02. The first-order valence-electron chi connectivity index (χ1n) is 6.94. The molecule has 120 valence electrons. The zero-order valence-electron chi connectivity index (χ0n) is 13.1. The van der Waals surface area contributed by atoms with Gasteiger partial charge in [-0.1, -0.05) is 11.6 Å². The molecule has 2 N–H and O–H groups in total. The predicted octanol–water partition coefficient (Wildman–Crippen LogP) is 3.87. The number of methoxy groups -OCH3 is 1. The van der Waals surface area contributed by atoms with Crippen LogP contribution in [0, 0.1) is 6.92 Å². The maximum Gasteiger partial charge on any atom is 0.255 e. The van der Waals surface area contributed by atoms with E-state index >= 15 is 0 Å². The molecule has 2 rings (SSSR count). The molecule has 6 heteroatoms. The number of anilines is 2. The first-order valence-corrected chi connectivity index (χ1v) is 7.31. The number of carbonyl (C=O) groups is 2. The molecule has 5 nitrogen and oxygen atoms in total. The molecule has 2 amide bonds. The van der Waals surface area contributed by atoms with Gasteiger partial charge in [0.1, 0.15) is 5.75 Å². The average Bonchev–Trinajstić information content (AvgIpc) is 2.50. The van der Waals surface area contributed by atoms with Crippen molar-refractivity contribution in [2.75, 3.05) is 17.7 Å². The highest BCUT2D eigenvalue weighted by Crippen LogP contribution is 2.31. The van der Waals surface area contributed by atoms with Gasteiger partial charge >= 0.3 is 0 Å². The van der Waals surface area contributed by atoms with E-state index in [1.165, 1.54) is 14.0 Å². The second kappa shape index (κ2) is 7.15. The summed E-state index contributed by atoms with van der Waals surface area (Å²) in [4.78, 5) is 23.3. The molecule has 0 saturated heterocycles. The quantitative estimate of drug-likeness (QED) is 0.893. The molecule has 0 aromatic heterocycles. The molecule has 0 radical (unpaired) electrons. The largest absolute Gasteiger partial charge is 0.495 e. The summed E-state index contributed by atoms with van der Waals surface area (Å²) in [6, 6.07) is 9.99. The zero-order chi connectivity index (χ0) is 17.0. The Hall–Kier alpha value is -2.53. The van der Waals surface area contributed by atoms with Gasteiger partial charge in [0.15, 0.2) is 0 Å². The SMILES string of the molecule is COc1cc(C)c(Cl)cc1NC(=O)c1ccc(NC(C)=O)cc1. The van der Waals surface area contributed by atoms with Crippen LogP contribution in [0.4, 0.5) is 11.4 Å². The first-order chi connectivity index (χ1) is 10.9. The number of benzene rings is 2. The van der Waals surface area contributed by atoms with Crippen LogP contribution >= 0.6 is 11.6 Å². The van der Waals surface area contributed by atoms with Crippen LogP contribution in [0.3, 0.4) is 0 Å². The van der Waals surface area contributed by atoms with Crippen molar-refractivity contribution >= 4 is 34.8 Å². The Morgan fingerprint density at radius 3 is 2.30 bits per heavy atom. The van der Waals surface area contributed by atoms with Gasteiger partial charge in [-0.15, -0.1) is 0 Å². The number of amides is 2. The number of hydrogen-bond donors (Lipinski definition) is 2. The van der Waals surface area contributed by atoms with E-state index in [2.05, 4.69) is 10.6 Å². The molecule has 2 aromatic carbocycles. The summed E-state index contributed by atoms with van der Waals surface area (Å²) in [5.41, 5.74) is 2.45. The third-order valence-electron chi connectivity index (χ3n) is 3.20. The lowest BCUT2D eigenvalue weighted by atomic mass is 10.1. The van der Waals surface area contributed by atoms with Gasteiger partial charge in [-0.05, 0) is 48.9 Å². The molecule has 0 bridgehead atoms. The van der Waals surface area contributed by atoms with Crippen LogP contribution in [0.1, 0.15) is 22.8 Å². The van der Waals surface area contributed by atoms with E-state index in [0.29, 0.717) is 27.7 Å². The Kier molecular flexibility index (Phi) is 5.24. The van der Waals surface area contributed by atoms with Gasteiger partial charge in [0, 0.05) is 23.2 Å². The molecule has 0 unspecified atom stereocenters. The predicted molar refractivity (Wildman–Crippen MR) is 91.4 cm³/mol. The van der Waals surface area contributed by atoms with Crippen molar-refractivity contribution in [2.45, 2.75) is 13.8 Å². The normalized spacial score (nSPS) is 10.1. The highest BCUT2D eigenvalue weighted by molar-refractivity contribution is 6.31. The Balaban J connectivity index is 2.19. The summed E-state index contributed by atoms with van der Waals surface area (Å²) in [6.07, 6.45) is 0. The Morgan fingerprint density at radius 1 is 1.09 bits per heavy atom. The number of hydrogen-bond acceptors (Lipinski definition) is 3. The number of halogens is 1. The van der Waals surface area contributed by atoms with Crippen molar-refractivity contribution in [2.24, 2.45) is 0 Å². The van der Waals surface area contributed by atoms with E-state index in [1.54, 1.807) is 36.4 Å². The Morgan fingerprint density at radius 2 is 1.74 bits per heavy atom. The van der Waals surface area contributed by atoms with Crippen LogP contribution in [0.5, 0.6) is 5.75 Å². The summed E-state index contributed by atoms with van der Waals surface area (Å²) in [6.45, 7) is 3.28. The summed E-state index contributed by atoms with van der Waals surface area (Å²) in [7, 11) is 1.53. The molecule has 23 heavy (non-hydrogen) atoms. The van der Waals surface area contributed by atoms with Crippen molar-refractivity contribution in [1.82, 2.24) is 0 Å². The fourth-order valence-corrected chi connectivity index (χ4v) is 2.19. The number of aryl methyl sites for hydroxylation is 1. The molecular formula is C17H17ClN2O3. The van der Waals surface area contributed by atoms with Gasteiger partial charge in [-0.2, -0.15) is 0 Å². The van der Waals surface area contributed by atoms with Crippen molar-refractivity contribution in [3.63, 3.8) is 0 Å². The van der Waals surface area contributed by atoms with E-state index in [9.17, 15) is 9.59 Å². The van der Waals surface area contributed by atoms with Gasteiger partial charge in [0.25, 0.3) is 5.91 Å². The molecule has 0 aliphatic rings. The maximum atomic E-state index is 12.3. The lowest BCUT2D eigenvalue weighted by Gasteiger charge is -2.12. The third-order valence-corrected chi connectivity index (χ3v) is 3.60. The molecule has 0 heterocycles. The molecule has 0 aliphatic heterocycles. The van der Waals surface area contributed by atoms with Gasteiger partial charge in [-0.3, -0.25) is 9.59 Å². The minimum Gasteiger partial charge on any atom is -0.495 e. The highest BCUT2D eigenvalue weighted by Gasteiger charge is 2.12. The van der Waals surface area contributed by atoms with Gasteiger partial charge < -0.3 is 15.4 Å². The van der Waals surface area contributed by atoms with Crippen LogP contribution in [0.25, 0.3) is 0 Å². The molecule has 0 spiro atoms. The van der Waals surface area contributed by atoms with Crippen molar-refractivity contribution < 1.29 is 14.3 Å². The lowest BCUT2D eigenvalue weighted by Crippen LogP contribution is -2.13. The molecular weight excluding hydrogens is 316 g/mol. The smallest absolute Gasteiger partial charge is 0.255 e. The van der Waals surface area contributed by atoms with Crippen LogP contribution in [0.15, 0.2) is 36.4 Å². The maximum absolute atomic E-state index is 12.3. The minimum absolute atomic E-state index is 0.166. The topological polar surface area (TPSA) is 67.4 Å². The molecule has 0 atom stereocenters. The van der Waals surface area contributed by atoms with E-state index in [0.717, 1.165) is 5.56 Å². The number of nitrogens with one attached hydrogen (secondary N) is 2. The Labute approximate surface area is 139 Å². The summed E-state index contributed by atoms with van der Waals surface area (Å²) in [5, 5.41) is 5.96. The molecule has 2 aromatic rings. The fraction of sp³-hybridized carbons (Fsp3) is 0.176. The van der Waals surface area contributed by atoms with Crippen LogP contribution in [0.2, 0.25) is 5.02 Å². The number of rotatable bonds is 4. The zero-order valence-corrected chi connectivity index (χ0v) is 13.8. The summed E-state index contributed by atoms with van der Waals surface area (Å²) in [5.74, 6) is 0.0777. The van der Waals surface area contributed by atoms with E-state index in [-0.39, 0.29) is 11.8 Å². The minimum atomic E-state index is -0.294. The van der Waals surface area contributed by atoms with Gasteiger partial charge in [0.05, 0.1) is 12.8 Å². The van der Waals surface area contributed by atoms with E-state index < -0.39 is 0 Å². The molecule has 0 saturated carbocycles. The standard InChI is InChI=1S/C17H17ClN2O3/c1-10-8-16(23-3)15(9-14(10)18)20-17(22)12-4-6-13(7-5-12)19-11(2)21/h4-9H,1-3H3,(H,19,21)(H,20,22). The summed E-state index contributed by atoms with van der Waals surface area (Å²) >= 11 is 6.09. The van der Waals surface area contributed by atoms with Crippen molar-refractivity contribution in [3.8, 4) is 5.75 Å². The van der Waals surface area contributed by atoms with Crippen molar-refractivity contribution in [3.05, 3.63) is 52.5 Å². The van der Waals surface area contributed by atoms with E-state index in [1.807, 2.05) is 6.92 Å². The average molecular weight is 333 g/mol. The second-order valence-corrected chi connectivity index (χ2v) is 5.42. The van der Waals surface area contributed by atoms with Crippen LogP contribution in [-0.4, -0.2) is 18.9 Å². The van der Waals surface area contributed by atoms with Crippen LogP contribution in [-0.2, 0) is 4.79 Å². The highest BCUT2D eigenvalue weighted by atomic mass is 35.5. The number of carbonyl (C=O) groups excluding carboxylic acids is 2. The van der Waals surface area contributed by atoms with Gasteiger partial charge in [-0.25, -0.2) is 0 Å². The van der Waals surface area contributed by atoms with Gasteiger partial charge in [0.2, 0.25) is 5.91 Å². The monoisotopic (exact) mass is 332 g/mol. The van der Waals surface area contributed by atoms with E-state index in [4.69, 9.17) is 16.3 Å². The first kappa shape index (κ1) is 16.8. The van der Waals surface area contributed by atoms with Crippen molar-refractivity contribution in [1.29, 1.82) is 0 Å². The number of ether oxygens (including phenoxy) is 1.